The Balaban J connectivity index is 1.59. The molecule has 8 heteroatoms. The first-order valence-electron chi connectivity index (χ1n) is 11.4. The molecule has 1 aliphatic rings. The number of methoxy groups -OCH3 is 2. The Kier molecular flexibility index (Phi) is 8.51. The maximum Gasteiger partial charge on any atom is 0.253 e. The van der Waals surface area contributed by atoms with Crippen LogP contribution in [-0.4, -0.2) is 62.0 Å². The Hall–Kier alpha value is -3.55. The van der Waals surface area contributed by atoms with Crippen molar-refractivity contribution >= 4 is 17.7 Å². The second-order valence-electron chi connectivity index (χ2n) is 8.59. The van der Waals surface area contributed by atoms with E-state index in [1.54, 1.807) is 26.4 Å². The number of amides is 3. The van der Waals surface area contributed by atoms with E-state index in [4.69, 9.17) is 9.47 Å². The Morgan fingerprint density at radius 3 is 2.24 bits per heavy atom. The van der Waals surface area contributed by atoms with Crippen LogP contribution in [0.1, 0.15) is 41.3 Å². The van der Waals surface area contributed by atoms with Gasteiger partial charge in [0.05, 0.1) is 14.2 Å². The molecule has 3 rings (SSSR count). The van der Waals surface area contributed by atoms with Gasteiger partial charge in [-0.25, -0.2) is 0 Å². The van der Waals surface area contributed by atoms with Crippen molar-refractivity contribution < 1.29 is 23.9 Å². The average molecular weight is 468 g/mol. The molecule has 182 valence electrons. The highest BCUT2D eigenvalue weighted by molar-refractivity contribution is 5.94. The number of likely N-dealkylation sites (tertiary alicyclic amines) is 1. The Morgan fingerprint density at radius 2 is 1.65 bits per heavy atom. The van der Waals surface area contributed by atoms with E-state index in [0.717, 1.165) is 11.1 Å². The molecule has 0 spiro atoms. The van der Waals surface area contributed by atoms with Gasteiger partial charge in [0.2, 0.25) is 11.8 Å². The van der Waals surface area contributed by atoms with Crippen LogP contribution in [0, 0.1) is 6.92 Å². The molecule has 1 fully saturated rings. The van der Waals surface area contributed by atoms with Gasteiger partial charge in [0.1, 0.15) is 6.04 Å². The van der Waals surface area contributed by atoms with Gasteiger partial charge >= 0.3 is 0 Å². The fourth-order valence-electron chi connectivity index (χ4n) is 4.11. The Labute approximate surface area is 200 Å². The molecule has 0 bridgehead atoms. The molecule has 2 aromatic rings. The summed E-state index contributed by atoms with van der Waals surface area (Å²) in [5, 5.41) is 5.80. The van der Waals surface area contributed by atoms with E-state index in [2.05, 4.69) is 10.6 Å². The predicted octanol–water partition coefficient (Wildman–Crippen LogP) is 2.48. The number of rotatable bonds is 8. The van der Waals surface area contributed by atoms with Crippen molar-refractivity contribution in [2.75, 3.05) is 27.3 Å². The average Bonchev–Trinajstić information content (AvgIpc) is 2.83. The molecular formula is C26H33N3O5. The van der Waals surface area contributed by atoms with E-state index in [9.17, 15) is 14.4 Å². The van der Waals surface area contributed by atoms with Crippen LogP contribution in [0.2, 0.25) is 0 Å². The standard InChI is InChI=1S/C26H33N3O5/c1-17-5-8-20(9-6-17)26(32)29-13-11-21(12-14-29)28-25(31)22(27-18(2)30)15-19-7-10-23(33-3)24(16-19)34-4/h5-10,16,21-22H,11-15H2,1-4H3,(H,27,30)(H,28,31)/t22-/m0/s1. The highest BCUT2D eigenvalue weighted by atomic mass is 16.5. The van der Waals surface area contributed by atoms with Gasteiger partial charge in [-0.2, -0.15) is 0 Å². The van der Waals surface area contributed by atoms with Crippen LogP contribution in [0.5, 0.6) is 11.5 Å². The van der Waals surface area contributed by atoms with Crippen molar-refractivity contribution in [1.29, 1.82) is 0 Å². The lowest BCUT2D eigenvalue weighted by Gasteiger charge is -2.33. The SMILES string of the molecule is COc1ccc(C[C@H](NC(C)=O)C(=O)NC2CCN(C(=O)c3ccc(C)cc3)CC2)cc1OC. The molecule has 0 unspecified atom stereocenters. The van der Waals surface area contributed by atoms with Crippen molar-refractivity contribution in [2.24, 2.45) is 0 Å². The van der Waals surface area contributed by atoms with Crippen LogP contribution < -0.4 is 20.1 Å². The molecule has 0 aromatic heterocycles. The summed E-state index contributed by atoms with van der Waals surface area (Å²) in [4.78, 5) is 39.4. The number of benzene rings is 2. The second-order valence-corrected chi connectivity index (χ2v) is 8.59. The highest BCUT2D eigenvalue weighted by Crippen LogP contribution is 2.28. The summed E-state index contributed by atoms with van der Waals surface area (Å²) >= 11 is 0. The van der Waals surface area contributed by atoms with Crippen LogP contribution in [0.4, 0.5) is 0 Å². The zero-order valence-corrected chi connectivity index (χ0v) is 20.2. The van der Waals surface area contributed by atoms with Crippen molar-refractivity contribution in [3.05, 3.63) is 59.2 Å². The zero-order valence-electron chi connectivity index (χ0n) is 20.2. The smallest absolute Gasteiger partial charge is 0.253 e. The predicted molar refractivity (Wildman–Crippen MR) is 129 cm³/mol. The molecule has 2 aromatic carbocycles. The number of ether oxygens (including phenoxy) is 2. The topological polar surface area (TPSA) is 97.0 Å². The number of hydrogen-bond donors (Lipinski definition) is 2. The van der Waals surface area contributed by atoms with E-state index in [0.29, 0.717) is 49.4 Å². The van der Waals surface area contributed by atoms with Gasteiger partial charge in [0, 0.05) is 38.0 Å². The summed E-state index contributed by atoms with van der Waals surface area (Å²) in [6.07, 6.45) is 1.63. The summed E-state index contributed by atoms with van der Waals surface area (Å²) < 4.78 is 10.6. The van der Waals surface area contributed by atoms with Gasteiger partial charge in [-0.1, -0.05) is 23.8 Å². The third kappa shape index (κ3) is 6.50. The molecule has 2 N–H and O–H groups in total. The maximum atomic E-state index is 13.0. The minimum absolute atomic E-state index is 0.00866. The van der Waals surface area contributed by atoms with Gasteiger partial charge in [-0.15, -0.1) is 0 Å². The molecule has 0 radical (unpaired) electrons. The number of carbonyl (C=O) groups excluding carboxylic acids is 3. The van der Waals surface area contributed by atoms with Crippen LogP contribution in [-0.2, 0) is 16.0 Å². The van der Waals surface area contributed by atoms with Gasteiger partial charge in [-0.3, -0.25) is 14.4 Å². The molecule has 0 aliphatic carbocycles. The Morgan fingerprint density at radius 1 is 1.00 bits per heavy atom. The molecule has 1 heterocycles. The summed E-state index contributed by atoms with van der Waals surface area (Å²) in [5.74, 6) is 0.646. The van der Waals surface area contributed by atoms with E-state index < -0.39 is 6.04 Å². The van der Waals surface area contributed by atoms with Gasteiger partial charge in [0.15, 0.2) is 11.5 Å². The largest absolute Gasteiger partial charge is 0.493 e. The molecule has 34 heavy (non-hydrogen) atoms. The van der Waals surface area contributed by atoms with Gasteiger partial charge < -0.3 is 25.0 Å². The first-order chi connectivity index (χ1) is 16.3. The number of piperidine rings is 1. The fourth-order valence-corrected chi connectivity index (χ4v) is 4.11. The van der Waals surface area contributed by atoms with Crippen LogP contribution >= 0.6 is 0 Å². The lowest BCUT2D eigenvalue weighted by Crippen LogP contribution is -2.53. The monoisotopic (exact) mass is 467 g/mol. The summed E-state index contributed by atoms with van der Waals surface area (Å²) in [6, 6.07) is 12.2. The third-order valence-electron chi connectivity index (χ3n) is 6.01. The molecular weight excluding hydrogens is 434 g/mol. The van der Waals surface area contributed by atoms with E-state index in [1.807, 2.05) is 42.2 Å². The lowest BCUT2D eigenvalue weighted by atomic mass is 10.0. The van der Waals surface area contributed by atoms with Crippen molar-refractivity contribution in [1.82, 2.24) is 15.5 Å². The van der Waals surface area contributed by atoms with Crippen LogP contribution in [0.3, 0.4) is 0 Å². The number of nitrogens with zero attached hydrogens (tertiary/aromatic N) is 1. The molecule has 3 amide bonds. The second kappa shape index (κ2) is 11.5. The van der Waals surface area contributed by atoms with Crippen molar-refractivity contribution in [3.8, 4) is 11.5 Å². The minimum Gasteiger partial charge on any atom is -0.493 e. The normalized spacial score (nSPS) is 14.8. The number of aryl methyl sites for hydroxylation is 1. The lowest BCUT2D eigenvalue weighted by molar-refractivity contribution is -0.128. The molecule has 1 saturated heterocycles. The van der Waals surface area contributed by atoms with Crippen molar-refractivity contribution in [2.45, 2.75) is 45.2 Å². The van der Waals surface area contributed by atoms with E-state index >= 15 is 0 Å². The molecule has 1 aliphatic heterocycles. The Bertz CT molecular complexity index is 1010. The summed E-state index contributed by atoms with van der Waals surface area (Å²) in [6.45, 7) is 4.52. The first-order valence-corrected chi connectivity index (χ1v) is 11.4. The maximum absolute atomic E-state index is 13.0. The summed E-state index contributed by atoms with van der Waals surface area (Å²) in [5.41, 5.74) is 2.62. The molecule has 8 nitrogen and oxygen atoms in total. The number of carbonyl (C=O) groups is 3. The van der Waals surface area contributed by atoms with Crippen LogP contribution in [0.25, 0.3) is 0 Å². The fraction of sp³-hybridized carbons (Fsp3) is 0.423. The van der Waals surface area contributed by atoms with Crippen molar-refractivity contribution in [3.63, 3.8) is 0 Å². The number of hydrogen-bond acceptors (Lipinski definition) is 5. The van der Waals surface area contributed by atoms with Gasteiger partial charge in [-0.05, 0) is 49.6 Å². The quantitative estimate of drug-likeness (QED) is 0.622. The van der Waals surface area contributed by atoms with E-state index in [1.165, 1.54) is 6.92 Å². The zero-order chi connectivity index (χ0) is 24.7. The first kappa shape index (κ1) is 25.1. The summed E-state index contributed by atoms with van der Waals surface area (Å²) in [7, 11) is 3.11. The molecule has 0 saturated carbocycles. The number of nitrogens with one attached hydrogen (secondary N) is 2. The van der Waals surface area contributed by atoms with Crippen LogP contribution in [0.15, 0.2) is 42.5 Å². The minimum atomic E-state index is -0.720. The van der Waals surface area contributed by atoms with Gasteiger partial charge in [0.25, 0.3) is 5.91 Å². The highest BCUT2D eigenvalue weighted by Gasteiger charge is 2.27. The third-order valence-corrected chi connectivity index (χ3v) is 6.01. The molecule has 1 atom stereocenters. The van der Waals surface area contributed by atoms with E-state index in [-0.39, 0.29) is 23.8 Å².